The molecule has 0 aliphatic carbocycles. The summed E-state index contributed by atoms with van der Waals surface area (Å²) in [5.74, 6) is -0.651. The molecule has 1 N–H and O–H groups in total. The van der Waals surface area contributed by atoms with Crippen molar-refractivity contribution in [2.75, 3.05) is 6.61 Å². The molecular weight excluding hydrogens is 196 g/mol. The standard InChI is InChI=1S/C10H10N2O3/c1-2-15-10(14)8-6-12-7(3-4-11)5-9(8)13/h5-6H,2-3H2,1H3,(H,12,13). The van der Waals surface area contributed by atoms with Crippen molar-refractivity contribution in [3.05, 3.63) is 33.7 Å². The van der Waals surface area contributed by atoms with Crippen LogP contribution in [-0.2, 0) is 11.2 Å². The normalized spacial score (nSPS) is 9.33. The van der Waals surface area contributed by atoms with Gasteiger partial charge < -0.3 is 9.72 Å². The highest BCUT2D eigenvalue weighted by Gasteiger charge is 2.11. The van der Waals surface area contributed by atoms with Gasteiger partial charge in [-0.2, -0.15) is 5.26 Å². The van der Waals surface area contributed by atoms with E-state index in [0.29, 0.717) is 5.69 Å². The van der Waals surface area contributed by atoms with Gasteiger partial charge in [0.15, 0.2) is 5.43 Å². The van der Waals surface area contributed by atoms with Crippen LogP contribution >= 0.6 is 0 Å². The van der Waals surface area contributed by atoms with E-state index in [-0.39, 0.29) is 18.6 Å². The number of nitrogens with one attached hydrogen (secondary N) is 1. The molecule has 1 aromatic rings. The third-order valence-electron chi connectivity index (χ3n) is 1.74. The molecule has 0 radical (unpaired) electrons. The minimum atomic E-state index is -0.651. The van der Waals surface area contributed by atoms with Crippen LogP contribution in [0.3, 0.4) is 0 Å². The number of ether oxygens (including phenoxy) is 1. The first kappa shape index (κ1) is 11.0. The number of esters is 1. The fraction of sp³-hybridized carbons (Fsp3) is 0.300. The summed E-state index contributed by atoms with van der Waals surface area (Å²) in [6.07, 6.45) is 1.38. The first-order valence-electron chi connectivity index (χ1n) is 4.44. The molecule has 0 aliphatic heterocycles. The largest absolute Gasteiger partial charge is 0.462 e. The van der Waals surface area contributed by atoms with Crippen LogP contribution in [0, 0.1) is 11.3 Å². The SMILES string of the molecule is CCOC(=O)c1c[nH]c(CC#N)cc1=O. The molecule has 1 aromatic heterocycles. The van der Waals surface area contributed by atoms with E-state index in [0.717, 1.165) is 0 Å². The molecule has 0 atom stereocenters. The van der Waals surface area contributed by atoms with Gasteiger partial charge in [0.05, 0.1) is 19.1 Å². The lowest BCUT2D eigenvalue weighted by atomic mass is 10.2. The van der Waals surface area contributed by atoms with Crippen LogP contribution in [0.25, 0.3) is 0 Å². The molecule has 0 aliphatic rings. The summed E-state index contributed by atoms with van der Waals surface area (Å²) in [4.78, 5) is 25.3. The summed E-state index contributed by atoms with van der Waals surface area (Å²) < 4.78 is 4.68. The first-order chi connectivity index (χ1) is 7.19. The maximum atomic E-state index is 11.4. The van der Waals surface area contributed by atoms with E-state index in [1.54, 1.807) is 6.92 Å². The Balaban J connectivity index is 2.99. The number of pyridine rings is 1. The van der Waals surface area contributed by atoms with E-state index in [4.69, 9.17) is 5.26 Å². The monoisotopic (exact) mass is 206 g/mol. The van der Waals surface area contributed by atoms with Gasteiger partial charge in [0.25, 0.3) is 0 Å². The fourth-order valence-corrected chi connectivity index (χ4v) is 1.07. The van der Waals surface area contributed by atoms with Gasteiger partial charge in [0.2, 0.25) is 0 Å². The van der Waals surface area contributed by atoms with E-state index >= 15 is 0 Å². The molecule has 0 saturated heterocycles. The highest BCUT2D eigenvalue weighted by molar-refractivity contribution is 5.88. The highest BCUT2D eigenvalue weighted by atomic mass is 16.5. The minimum Gasteiger partial charge on any atom is -0.462 e. The number of hydrogen-bond acceptors (Lipinski definition) is 4. The van der Waals surface area contributed by atoms with Gasteiger partial charge in [-0.25, -0.2) is 4.79 Å². The number of carbonyl (C=O) groups excluding carboxylic acids is 1. The second kappa shape index (κ2) is 4.96. The third-order valence-corrected chi connectivity index (χ3v) is 1.74. The van der Waals surface area contributed by atoms with E-state index < -0.39 is 11.4 Å². The Morgan fingerprint density at radius 1 is 1.67 bits per heavy atom. The molecule has 1 rings (SSSR count). The molecule has 0 spiro atoms. The van der Waals surface area contributed by atoms with Crippen molar-refractivity contribution in [1.82, 2.24) is 4.98 Å². The Morgan fingerprint density at radius 3 is 2.93 bits per heavy atom. The van der Waals surface area contributed by atoms with Gasteiger partial charge in [0.1, 0.15) is 5.56 Å². The molecule has 1 heterocycles. The van der Waals surface area contributed by atoms with E-state index in [2.05, 4.69) is 9.72 Å². The number of hydrogen-bond donors (Lipinski definition) is 1. The van der Waals surface area contributed by atoms with Crippen LogP contribution in [0.1, 0.15) is 23.0 Å². The first-order valence-corrected chi connectivity index (χ1v) is 4.44. The zero-order valence-electron chi connectivity index (χ0n) is 8.24. The predicted molar refractivity (Wildman–Crippen MR) is 52.3 cm³/mol. The molecule has 0 aromatic carbocycles. The van der Waals surface area contributed by atoms with Gasteiger partial charge in [-0.1, -0.05) is 0 Å². The lowest BCUT2D eigenvalue weighted by Crippen LogP contribution is -2.18. The fourth-order valence-electron chi connectivity index (χ4n) is 1.07. The molecule has 0 saturated carbocycles. The molecule has 0 fully saturated rings. The van der Waals surface area contributed by atoms with Crippen molar-refractivity contribution in [2.24, 2.45) is 0 Å². The average Bonchev–Trinajstić information content (AvgIpc) is 2.18. The number of rotatable bonds is 3. The lowest BCUT2D eigenvalue weighted by molar-refractivity contribution is 0.0524. The Labute approximate surface area is 86.3 Å². The molecule has 78 valence electrons. The highest BCUT2D eigenvalue weighted by Crippen LogP contribution is 1.97. The predicted octanol–water partition coefficient (Wildman–Crippen LogP) is 0.618. The summed E-state index contributed by atoms with van der Waals surface area (Å²) >= 11 is 0. The van der Waals surface area contributed by atoms with Crippen LogP contribution in [0.4, 0.5) is 0 Å². The van der Waals surface area contributed by atoms with Gasteiger partial charge in [-0.15, -0.1) is 0 Å². The Morgan fingerprint density at radius 2 is 2.40 bits per heavy atom. The summed E-state index contributed by atoms with van der Waals surface area (Å²) in [5.41, 5.74) is 0.00605. The Hall–Kier alpha value is -2.09. The van der Waals surface area contributed by atoms with Crippen molar-refractivity contribution in [3.63, 3.8) is 0 Å². The van der Waals surface area contributed by atoms with E-state index in [1.165, 1.54) is 12.3 Å². The lowest BCUT2D eigenvalue weighted by Gasteiger charge is -2.01. The number of H-pyrrole nitrogens is 1. The van der Waals surface area contributed by atoms with Crippen molar-refractivity contribution in [2.45, 2.75) is 13.3 Å². The van der Waals surface area contributed by atoms with Crippen LogP contribution < -0.4 is 5.43 Å². The van der Waals surface area contributed by atoms with Crippen molar-refractivity contribution in [3.8, 4) is 6.07 Å². The Bertz CT molecular complexity index is 456. The van der Waals surface area contributed by atoms with Crippen LogP contribution in [0.5, 0.6) is 0 Å². The third kappa shape index (κ3) is 2.68. The average molecular weight is 206 g/mol. The van der Waals surface area contributed by atoms with E-state index in [9.17, 15) is 9.59 Å². The van der Waals surface area contributed by atoms with E-state index in [1.807, 2.05) is 6.07 Å². The summed E-state index contributed by atoms with van der Waals surface area (Å²) in [6.45, 7) is 1.88. The number of aromatic amines is 1. The summed E-state index contributed by atoms with van der Waals surface area (Å²) in [6, 6.07) is 3.13. The second-order valence-corrected chi connectivity index (χ2v) is 2.79. The summed E-state index contributed by atoms with van der Waals surface area (Å²) in [7, 11) is 0. The quantitative estimate of drug-likeness (QED) is 0.735. The number of aromatic nitrogens is 1. The van der Waals surface area contributed by atoms with Gasteiger partial charge in [0, 0.05) is 18.0 Å². The number of carbonyl (C=O) groups is 1. The Kier molecular flexibility index (Phi) is 3.63. The second-order valence-electron chi connectivity index (χ2n) is 2.79. The van der Waals surface area contributed by atoms with Crippen LogP contribution in [-0.4, -0.2) is 17.6 Å². The zero-order chi connectivity index (χ0) is 11.3. The van der Waals surface area contributed by atoms with Crippen molar-refractivity contribution < 1.29 is 9.53 Å². The number of nitrogens with zero attached hydrogens (tertiary/aromatic N) is 1. The van der Waals surface area contributed by atoms with Crippen LogP contribution in [0.2, 0.25) is 0 Å². The summed E-state index contributed by atoms with van der Waals surface area (Å²) in [5, 5.41) is 8.41. The molecule has 15 heavy (non-hydrogen) atoms. The molecule has 0 unspecified atom stereocenters. The van der Waals surface area contributed by atoms with Gasteiger partial charge in [-0.3, -0.25) is 4.79 Å². The zero-order valence-corrected chi connectivity index (χ0v) is 8.24. The van der Waals surface area contributed by atoms with Crippen LogP contribution in [0.15, 0.2) is 17.1 Å². The molecule has 0 bridgehead atoms. The topological polar surface area (TPSA) is 82.9 Å². The molecule has 5 heteroatoms. The molecular formula is C10H10N2O3. The molecule has 0 amide bonds. The van der Waals surface area contributed by atoms with Crippen molar-refractivity contribution >= 4 is 5.97 Å². The van der Waals surface area contributed by atoms with Gasteiger partial charge in [-0.05, 0) is 6.92 Å². The minimum absolute atomic E-state index is 0.0430. The maximum Gasteiger partial charge on any atom is 0.343 e. The smallest absolute Gasteiger partial charge is 0.343 e. The molecule has 5 nitrogen and oxygen atoms in total. The van der Waals surface area contributed by atoms with Gasteiger partial charge >= 0.3 is 5.97 Å². The van der Waals surface area contributed by atoms with Crippen molar-refractivity contribution in [1.29, 1.82) is 5.26 Å². The number of nitriles is 1. The maximum absolute atomic E-state index is 11.4.